The minimum atomic E-state index is -4.83. The highest BCUT2D eigenvalue weighted by Gasteiger charge is 2.53. The summed E-state index contributed by atoms with van der Waals surface area (Å²) < 4.78 is 76.9. The van der Waals surface area contributed by atoms with Gasteiger partial charge in [-0.2, -0.15) is 15.8 Å². The van der Waals surface area contributed by atoms with Gasteiger partial charge < -0.3 is 67.7 Å². The van der Waals surface area contributed by atoms with Gasteiger partial charge in [-0.1, -0.05) is 0 Å². The minimum absolute atomic E-state index is 0.00363. The molecule has 26 nitrogen and oxygen atoms in total. The molecule has 0 aromatic heterocycles. The molecule has 3 amide bonds. The summed E-state index contributed by atoms with van der Waals surface area (Å²) in [6.07, 6.45) is 0.865. The summed E-state index contributed by atoms with van der Waals surface area (Å²) in [5.74, 6) is 1.43. The quantitative estimate of drug-likeness (QED) is 0.0649. The van der Waals surface area contributed by atoms with E-state index in [1.807, 2.05) is 19.9 Å². The summed E-state index contributed by atoms with van der Waals surface area (Å²) >= 11 is 0. The number of phosphoric ester groups is 3. The fourth-order valence-corrected chi connectivity index (χ4v) is 12.0. The molecule has 6 aliphatic heterocycles. The highest BCUT2D eigenvalue weighted by molar-refractivity contribution is 7.46. The predicted octanol–water partition coefficient (Wildman–Crippen LogP) is 5.60. The Hall–Kier alpha value is -5.81. The number of likely N-dealkylation sites (tertiary alicyclic amines) is 3. The largest absolute Gasteiger partial charge is 0.485 e. The van der Waals surface area contributed by atoms with Crippen molar-refractivity contribution in [1.29, 1.82) is 15.8 Å². The van der Waals surface area contributed by atoms with E-state index in [9.17, 15) is 53.7 Å². The molecule has 29 heteroatoms. The maximum absolute atomic E-state index is 12.5. The number of nitrogens with zero attached hydrogens (tertiary/aromatic N) is 6. The molecule has 80 heavy (non-hydrogen) atoms. The number of nitriles is 3. The highest BCUT2D eigenvalue weighted by Crippen LogP contribution is 2.52. The molecule has 0 spiro atoms. The first-order chi connectivity index (χ1) is 37.4. The second-order valence-corrected chi connectivity index (χ2v) is 24.7. The van der Waals surface area contributed by atoms with Gasteiger partial charge in [0.25, 0.3) is 0 Å². The van der Waals surface area contributed by atoms with E-state index in [1.165, 1.54) is 0 Å². The number of fused-ring (bicyclic) bond motifs is 3. The molecule has 6 atom stereocenters. The first-order valence-corrected chi connectivity index (χ1v) is 29.9. The summed E-state index contributed by atoms with van der Waals surface area (Å²) in [5.41, 5.74) is 0.251. The molecule has 3 aromatic rings. The second kappa shape index (κ2) is 24.3. The van der Waals surface area contributed by atoms with Crippen LogP contribution in [-0.2, 0) is 51.1 Å². The predicted molar refractivity (Wildman–Crippen MR) is 276 cm³/mol. The first-order valence-electron chi connectivity index (χ1n) is 25.3. The third-order valence-electron chi connectivity index (χ3n) is 14.1. The van der Waals surface area contributed by atoms with Crippen LogP contribution in [0.1, 0.15) is 132 Å². The van der Waals surface area contributed by atoms with E-state index in [-0.39, 0.29) is 30.9 Å². The van der Waals surface area contributed by atoms with E-state index in [0.717, 1.165) is 6.42 Å². The molecule has 432 valence electrons. The first kappa shape index (κ1) is 61.8. The van der Waals surface area contributed by atoms with Crippen molar-refractivity contribution >= 4 is 41.2 Å². The molecule has 0 aliphatic carbocycles. The highest BCUT2D eigenvalue weighted by atomic mass is 31.2. The summed E-state index contributed by atoms with van der Waals surface area (Å²) in [6.45, 7) is 11.0. The fourth-order valence-electron chi connectivity index (χ4n) is 10.8. The zero-order valence-electron chi connectivity index (χ0n) is 44.6. The number of hydrogen-bond donors (Lipinski definition) is 6. The van der Waals surface area contributed by atoms with Crippen LogP contribution in [0.2, 0.25) is 0 Å². The van der Waals surface area contributed by atoms with Gasteiger partial charge in [-0.25, -0.2) is 13.7 Å². The molecule has 6 unspecified atom stereocenters. The third kappa shape index (κ3) is 14.6. The Morgan fingerprint density at radius 3 is 1.16 bits per heavy atom. The number of phosphoric acid groups is 3. The number of carbonyl (C=O) groups is 3. The molecular weight excluding hydrogens is 1110 g/mol. The normalized spacial score (nSPS) is 24.4. The molecule has 6 aliphatic rings. The van der Waals surface area contributed by atoms with Crippen molar-refractivity contribution in [3.05, 3.63) is 88.0 Å². The van der Waals surface area contributed by atoms with Gasteiger partial charge in [0.05, 0.1) is 66.2 Å². The van der Waals surface area contributed by atoms with Gasteiger partial charge in [0.15, 0.2) is 6.79 Å². The Balaban J connectivity index is 0.000000174. The topological polar surface area (TPSA) is 379 Å². The number of rotatable bonds is 14. The number of benzene rings is 3. The van der Waals surface area contributed by atoms with Crippen molar-refractivity contribution in [1.82, 2.24) is 14.7 Å². The average Bonchev–Trinajstić information content (AvgIpc) is 4.26. The maximum atomic E-state index is 12.5. The van der Waals surface area contributed by atoms with Crippen LogP contribution in [0.4, 0.5) is 0 Å². The summed E-state index contributed by atoms with van der Waals surface area (Å²) in [4.78, 5) is 96.4. The Labute approximate surface area is 461 Å². The molecule has 0 radical (unpaired) electrons. The Kier molecular flexibility index (Phi) is 18.8. The van der Waals surface area contributed by atoms with Crippen molar-refractivity contribution in [2.45, 2.75) is 133 Å². The van der Waals surface area contributed by atoms with E-state index in [0.29, 0.717) is 102 Å². The van der Waals surface area contributed by atoms with Gasteiger partial charge >= 0.3 is 23.5 Å². The zero-order chi connectivity index (χ0) is 58.8. The van der Waals surface area contributed by atoms with E-state index >= 15 is 0 Å². The van der Waals surface area contributed by atoms with Crippen LogP contribution in [-0.4, -0.2) is 137 Å². The van der Waals surface area contributed by atoms with Crippen molar-refractivity contribution < 1.29 is 94.7 Å². The lowest BCUT2D eigenvalue weighted by Gasteiger charge is -2.47. The lowest BCUT2D eigenvalue weighted by atomic mass is 9.84. The van der Waals surface area contributed by atoms with Crippen molar-refractivity contribution in [3.63, 3.8) is 0 Å². The van der Waals surface area contributed by atoms with Crippen LogP contribution in [0.3, 0.4) is 0 Å². The maximum Gasteiger partial charge on any atom is 0.471 e. The molecule has 3 aromatic carbocycles. The third-order valence-corrected chi connectivity index (χ3v) is 15.6. The molecular formula is C51H63N6O20P3. The van der Waals surface area contributed by atoms with Crippen molar-refractivity contribution in [2.24, 2.45) is 0 Å². The van der Waals surface area contributed by atoms with Crippen LogP contribution in [0, 0.1) is 34.0 Å². The molecule has 6 heterocycles. The Morgan fingerprint density at radius 1 is 0.512 bits per heavy atom. The van der Waals surface area contributed by atoms with Crippen molar-refractivity contribution in [2.75, 3.05) is 39.6 Å². The van der Waals surface area contributed by atoms with Crippen LogP contribution in [0.5, 0.6) is 17.2 Å². The van der Waals surface area contributed by atoms with Crippen LogP contribution >= 0.6 is 23.5 Å². The summed E-state index contributed by atoms with van der Waals surface area (Å²) in [6, 6.07) is 19.3. The van der Waals surface area contributed by atoms with Crippen molar-refractivity contribution in [3.8, 4) is 35.5 Å². The Morgan fingerprint density at radius 2 is 0.850 bits per heavy atom. The smallest absolute Gasteiger partial charge is 0.471 e. The van der Waals surface area contributed by atoms with Crippen LogP contribution in [0.15, 0.2) is 54.6 Å². The summed E-state index contributed by atoms with van der Waals surface area (Å²) in [7, 11) is -14.1. The molecule has 0 bridgehead atoms. The molecule has 9 rings (SSSR count). The van der Waals surface area contributed by atoms with Gasteiger partial charge in [-0.3, -0.25) is 28.0 Å². The second-order valence-electron chi connectivity index (χ2n) is 21.1. The number of ether oxygens (including phenoxy) is 5. The van der Waals surface area contributed by atoms with Crippen LogP contribution < -0.4 is 14.2 Å². The van der Waals surface area contributed by atoms with Gasteiger partial charge in [0.2, 0.25) is 17.7 Å². The fraction of sp³-hybridized carbons (Fsp3) is 0.529. The van der Waals surface area contributed by atoms with E-state index in [2.05, 4.69) is 21.2 Å². The monoisotopic (exact) mass is 1170 g/mol. The SMILES string of the molecule is CC1(C)Oc2ccc(C#N)cc2C(N2CCCC2=O)C1OCCOP(=O)(O)O.CC1(C)Oc2ccc(C#N)cc2C(N2CCCC2=O)C1OCOP(=O)(O)O.CC1(C)Oc2ccc(C#N)cc2C(N2CCCC2=O)C1OP(=O)(O)O. The van der Waals surface area contributed by atoms with Crippen LogP contribution in [0.25, 0.3) is 0 Å². The number of amides is 3. The van der Waals surface area contributed by atoms with E-state index < -0.39 is 83.5 Å². The van der Waals surface area contributed by atoms with Gasteiger partial charge in [-0.15, -0.1) is 0 Å². The van der Waals surface area contributed by atoms with Gasteiger partial charge in [0, 0.05) is 55.6 Å². The number of hydrogen-bond acceptors (Lipinski definition) is 17. The van der Waals surface area contributed by atoms with Gasteiger partial charge in [-0.05, 0) is 115 Å². The summed E-state index contributed by atoms with van der Waals surface area (Å²) in [5, 5.41) is 27.7. The minimum Gasteiger partial charge on any atom is -0.485 e. The molecule has 3 saturated heterocycles. The standard InChI is InChI=1S/C18H23N2O7P.C17H21N2O7P.C16H19N2O6P/c1-18(2)17(25-8-9-26-28(22,23)24)16(20-7-3-4-15(20)21)13-10-12(11-19)5-6-14(13)27-18;1-17(2)16(24-10-25-27(21,22)23)15(19-7-3-4-14(19)20)12-8-11(9-18)5-6-13(12)26-17;1-16(2)15(24-25(20,21)22)14(18-7-3-4-13(18)19)11-8-10(9-17)5-6-12(11)23-16/h5-6,10,16-17H,3-4,7-9H2,1-2H3,(H2,22,23,24);5-6,8,15-16H,3-4,7,10H2,1-2H3,(H2,21,22,23);5-6,8,14-15H,3-4,7H2,1-2H3,(H2,20,21,22). The van der Waals surface area contributed by atoms with Gasteiger partial charge in [0.1, 0.15) is 52.4 Å². The lowest BCUT2D eigenvalue weighted by molar-refractivity contribution is -0.166. The van der Waals surface area contributed by atoms with E-state index in [1.54, 1.807) is 97.0 Å². The zero-order valence-corrected chi connectivity index (χ0v) is 47.3. The Bertz CT molecular complexity index is 3120. The average molecular weight is 1170 g/mol. The van der Waals surface area contributed by atoms with E-state index in [4.69, 9.17) is 47.8 Å². The molecule has 0 saturated carbocycles. The molecule has 6 N–H and O–H groups in total. The number of carbonyl (C=O) groups excluding carboxylic acids is 3. The lowest BCUT2D eigenvalue weighted by Crippen LogP contribution is -2.55. The molecule has 3 fully saturated rings.